The van der Waals surface area contributed by atoms with Crippen LogP contribution >= 0.6 is 0 Å². The van der Waals surface area contributed by atoms with Gasteiger partial charge in [0.25, 0.3) is 0 Å². The molecule has 2 rings (SSSR count). The van der Waals surface area contributed by atoms with Crippen molar-refractivity contribution in [1.82, 2.24) is 10.2 Å². The molecule has 0 saturated carbocycles. The van der Waals surface area contributed by atoms with Crippen LogP contribution < -0.4 is 5.32 Å². The third-order valence-electron chi connectivity index (χ3n) is 4.14. The van der Waals surface area contributed by atoms with Crippen LogP contribution in [0.5, 0.6) is 0 Å². The van der Waals surface area contributed by atoms with Crippen LogP contribution in [0.25, 0.3) is 0 Å². The molecule has 1 atom stereocenters. The van der Waals surface area contributed by atoms with Crippen molar-refractivity contribution in [2.45, 2.75) is 45.6 Å². The molecule has 4 heteroatoms. The Labute approximate surface area is 126 Å². The van der Waals surface area contributed by atoms with Crippen LogP contribution in [-0.2, 0) is 16.0 Å². The number of carbonyl (C=O) groups is 2. The van der Waals surface area contributed by atoms with Crippen LogP contribution in [0.15, 0.2) is 18.2 Å². The molecule has 1 aromatic rings. The second-order valence-corrected chi connectivity index (χ2v) is 6.00. The zero-order valence-corrected chi connectivity index (χ0v) is 13.1. The standard InChI is InChI=1S/C17H24N2O2/c1-12-4-5-14(13(2)10-12)6-7-16(20)18-15-8-9-19(3)17(21)11-15/h4-5,10,15H,6-9,11H2,1-3H3,(H,18,20). The van der Waals surface area contributed by atoms with Crippen LogP contribution in [0.4, 0.5) is 0 Å². The number of hydrogen-bond donors (Lipinski definition) is 1. The molecule has 114 valence electrons. The maximum Gasteiger partial charge on any atom is 0.224 e. The second kappa shape index (κ2) is 6.74. The van der Waals surface area contributed by atoms with E-state index < -0.39 is 0 Å². The highest BCUT2D eigenvalue weighted by molar-refractivity contribution is 5.80. The molecule has 1 saturated heterocycles. The van der Waals surface area contributed by atoms with E-state index in [-0.39, 0.29) is 17.9 Å². The van der Waals surface area contributed by atoms with Crippen molar-refractivity contribution >= 4 is 11.8 Å². The van der Waals surface area contributed by atoms with Gasteiger partial charge in [0.05, 0.1) is 0 Å². The Hall–Kier alpha value is -1.84. The van der Waals surface area contributed by atoms with E-state index in [1.54, 1.807) is 11.9 Å². The summed E-state index contributed by atoms with van der Waals surface area (Å²) >= 11 is 0. The number of nitrogens with zero attached hydrogens (tertiary/aromatic N) is 1. The topological polar surface area (TPSA) is 49.4 Å². The largest absolute Gasteiger partial charge is 0.353 e. The summed E-state index contributed by atoms with van der Waals surface area (Å²) in [5.74, 6) is 0.151. The zero-order valence-electron chi connectivity index (χ0n) is 13.1. The van der Waals surface area contributed by atoms with Gasteiger partial charge in [0.15, 0.2) is 0 Å². The number of aryl methyl sites for hydroxylation is 3. The highest BCUT2D eigenvalue weighted by Gasteiger charge is 2.24. The normalized spacial score (nSPS) is 18.7. The minimum atomic E-state index is 0.000291. The second-order valence-electron chi connectivity index (χ2n) is 6.00. The number of carbonyl (C=O) groups excluding carboxylic acids is 2. The molecule has 4 nitrogen and oxygen atoms in total. The van der Waals surface area contributed by atoms with Crippen LogP contribution in [0.2, 0.25) is 0 Å². The van der Waals surface area contributed by atoms with Crippen molar-refractivity contribution in [1.29, 1.82) is 0 Å². The number of rotatable bonds is 4. The molecule has 0 aliphatic carbocycles. The Kier molecular flexibility index (Phi) is 4.99. The molecule has 1 fully saturated rings. The van der Waals surface area contributed by atoms with Gasteiger partial charge in [0, 0.05) is 32.5 Å². The molecule has 2 amide bonds. The first-order valence-electron chi connectivity index (χ1n) is 7.55. The summed E-state index contributed by atoms with van der Waals surface area (Å²) in [6, 6.07) is 6.32. The molecular formula is C17H24N2O2. The molecule has 0 bridgehead atoms. The SMILES string of the molecule is Cc1ccc(CCC(=O)NC2CCN(C)C(=O)C2)c(C)c1. The monoisotopic (exact) mass is 288 g/mol. The highest BCUT2D eigenvalue weighted by atomic mass is 16.2. The van der Waals surface area contributed by atoms with Crippen molar-refractivity contribution in [2.75, 3.05) is 13.6 Å². The Balaban J connectivity index is 1.81. The summed E-state index contributed by atoms with van der Waals surface area (Å²) in [6.45, 7) is 4.87. The van der Waals surface area contributed by atoms with E-state index in [1.165, 1.54) is 16.7 Å². The molecule has 0 aromatic heterocycles. The van der Waals surface area contributed by atoms with Gasteiger partial charge in [-0.2, -0.15) is 0 Å². The lowest BCUT2D eigenvalue weighted by atomic mass is 10.0. The molecule has 21 heavy (non-hydrogen) atoms. The van der Waals surface area contributed by atoms with Gasteiger partial charge in [0.2, 0.25) is 11.8 Å². The van der Waals surface area contributed by atoms with Crippen molar-refractivity contribution in [2.24, 2.45) is 0 Å². The van der Waals surface area contributed by atoms with Crippen LogP contribution in [-0.4, -0.2) is 36.3 Å². The molecular weight excluding hydrogens is 264 g/mol. The van der Waals surface area contributed by atoms with E-state index >= 15 is 0 Å². The molecule has 1 aliphatic rings. The number of hydrogen-bond acceptors (Lipinski definition) is 2. The lowest BCUT2D eigenvalue weighted by Gasteiger charge is -2.29. The smallest absolute Gasteiger partial charge is 0.224 e. The van der Waals surface area contributed by atoms with E-state index in [4.69, 9.17) is 0 Å². The first-order chi connectivity index (χ1) is 9.95. The Morgan fingerprint density at radius 2 is 2.14 bits per heavy atom. The van der Waals surface area contributed by atoms with Crippen LogP contribution in [0, 0.1) is 13.8 Å². The maximum atomic E-state index is 12.0. The number of amides is 2. The fraction of sp³-hybridized carbons (Fsp3) is 0.529. The summed E-state index contributed by atoms with van der Waals surface area (Å²) in [4.78, 5) is 25.4. The van der Waals surface area contributed by atoms with E-state index in [0.29, 0.717) is 12.8 Å². The fourth-order valence-corrected chi connectivity index (χ4v) is 2.74. The summed E-state index contributed by atoms with van der Waals surface area (Å²) in [5.41, 5.74) is 3.69. The van der Waals surface area contributed by atoms with Gasteiger partial charge >= 0.3 is 0 Å². The minimum Gasteiger partial charge on any atom is -0.353 e. The minimum absolute atomic E-state index is 0.000291. The van der Waals surface area contributed by atoms with E-state index in [1.807, 2.05) is 0 Å². The summed E-state index contributed by atoms with van der Waals surface area (Å²) in [5, 5.41) is 2.98. The number of nitrogens with one attached hydrogen (secondary N) is 1. The quantitative estimate of drug-likeness (QED) is 0.921. The van der Waals surface area contributed by atoms with Crippen molar-refractivity contribution in [3.63, 3.8) is 0 Å². The van der Waals surface area contributed by atoms with E-state index in [9.17, 15) is 9.59 Å². The summed E-state index contributed by atoms with van der Waals surface area (Å²) in [7, 11) is 1.81. The molecule has 1 heterocycles. The van der Waals surface area contributed by atoms with Gasteiger partial charge in [-0.05, 0) is 37.8 Å². The maximum absolute atomic E-state index is 12.0. The molecule has 1 aliphatic heterocycles. The number of piperidine rings is 1. The lowest BCUT2D eigenvalue weighted by molar-refractivity contribution is -0.133. The lowest BCUT2D eigenvalue weighted by Crippen LogP contribution is -2.46. The molecule has 0 radical (unpaired) electrons. The Bertz CT molecular complexity index is 540. The Morgan fingerprint density at radius 3 is 2.81 bits per heavy atom. The predicted octanol–water partition coefficient (Wildman–Crippen LogP) is 1.97. The molecule has 0 spiro atoms. The van der Waals surface area contributed by atoms with Gasteiger partial charge in [-0.1, -0.05) is 23.8 Å². The number of benzene rings is 1. The number of likely N-dealkylation sites (tertiary alicyclic amines) is 1. The first-order valence-corrected chi connectivity index (χ1v) is 7.55. The first kappa shape index (κ1) is 15.5. The van der Waals surface area contributed by atoms with E-state index in [2.05, 4.69) is 37.4 Å². The van der Waals surface area contributed by atoms with Crippen molar-refractivity contribution in [3.05, 3.63) is 34.9 Å². The zero-order chi connectivity index (χ0) is 15.4. The highest BCUT2D eigenvalue weighted by Crippen LogP contribution is 2.13. The molecule has 1 N–H and O–H groups in total. The fourth-order valence-electron chi connectivity index (χ4n) is 2.74. The van der Waals surface area contributed by atoms with E-state index in [0.717, 1.165) is 19.4 Å². The summed E-state index contributed by atoms with van der Waals surface area (Å²) < 4.78 is 0. The average molecular weight is 288 g/mol. The van der Waals surface area contributed by atoms with Crippen LogP contribution in [0.3, 0.4) is 0 Å². The van der Waals surface area contributed by atoms with Gasteiger partial charge < -0.3 is 10.2 Å². The van der Waals surface area contributed by atoms with Crippen molar-refractivity contribution < 1.29 is 9.59 Å². The van der Waals surface area contributed by atoms with Gasteiger partial charge in [-0.3, -0.25) is 9.59 Å². The Morgan fingerprint density at radius 1 is 1.38 bits per heavy atom. The molecule has 1 unspecified atom stereocenters. The van der Waals surface area contributed by atoms with Gasteiger partial charge in [-0.25, -0.2) is 0 Å². The predicted molar refractivity (Wildman–Crippen MR) is 83.0 cm³/mol. The summed E-state index contributed by atoms with van der Waals surface area (Å²) in [6.07, 6.45) is 2.49. The third-order valence-corrected chi connectivity index (χ3v) is 4.14. The van der Waals surface area contributed by atoms with Gasteiger partial charge in [0.1, 0.15) is 0 Å². The van der Waals surface area contributed by atoms with Crippen molar-refractivity contribution in [3.8, 4) is 0 Å². The molecule has 1 aromatic carbocycles. The third kappa shape index (κ3) is 4.31. The average Bonchev–Trinajstić information content (AvgIpc) is 2.42. The van der Waals surface area contributed by atoms with Crippen LogP contribution in [0.1, 0.15) is 36.0 Å². The van der Waals surface area contributed by atoms with Gasteiger partial charge in [-0.15, -0.1) is 0 Å².